The highest BCUT2D eigenvalue weighted by molar-refractivity contribution is 14.0. The smallest absolute Gasteiger partial charge is 0.213 e. The van der Waals surface area contributed by atoms with Crippen LogP contribution in [0.5, 0.6) is 11.6 Å². The average Bonchev–Trinajstić information content (AvgIpc) is 2.67. The van der Waals surface area contributed by atoms with E-state index in [9.17, 15) is 0 Å². The molecule has 2 aromatic rings. The number of rotatable bonds is 8. The second-order valence-corrected chi connectivity index (χ2v) is 5.16. The van der Waals surface area contributed by atoms with Crippen molar-refractivity contribution in [2.24, 2.45) is 4.99 Å². The Hall–Kier alpha value is -2.29. The van der Waals surface area contributed by atoms with Crippen molar-refractivity contribution in [2.75, 3.05) is 20.8 Å². The second kappa shape index (κ2) is 12.1. The van der Waals surface area contributed by atoms with Crippen LogP contribution in [0.25, 0.3) is 0 Å². The van der Waals surface area contributed by atoms with Gasteiger partial charge in [0.1, 0.15) is 12.4 Å². The van der Waals surface area contributed by atoms with E-state index in [0.717, 1.165) is 17.0 Å². The zero-order valence-electron chi connectivity index (χ0n) is 15.1. The van der Waals surface area contributed by atoms with Gasteiger partial charge in [-0.2, -0.15) is 0 Å². The van der Waals surface area contributed by atoms with Gasteiger partial charge in [-0.25, -0.2) is 4.98 Å². The fourth-order valence-corrected chi connectivity index (χ4v) is 2.18. The van der Waals surface area contributed by atoms with E-state index >= 15 is 0 Å². The fraction of sp³-hybridized carbons (Fsp3) is 0.263. The van der Waals surface area contributed by atoms with Crippen LogP contribution in [0.2, 0.25) is 0 Å². The molecule has 1 heterocycles. The third kappa shape index (κ3) is 6.91. The van der Waals surface area contributed by atoms with Crippen LogP contribution >= 0.6 is 24.0 Å². The molecule has 2 N–H and O–H groups in total. The molecule has 0 spiro atoms. The van der Waals surface area contributed by atoms with Gasteiger partial charge in [0.2, 0.25) is 5.88 Å². The summed E-state index contributed by atoms with van der Waals surface area (Å²) in [6, 6.07) is 13.5. The Bertz CT molecular complexity index is 722. The van der Waals surface area contributed by atoms with Crippen molar-refractivity contribution in [3.8, 4) is 11.6 Å². The summed E-state index contributed by atoms with van der Waals surface area (Å²) < 4.78 is 10.8. The highest BCUT2D eigenvalue weighted by atomic mass is 127. The van der Waals surface area contributed by atoms with Crippen molar-refractivity contribution in [3.05, 3.63) is 66.4 Å². The molecule has 7 heteroatoms. The zero-order chi connectivity index (χ0) is 17.9. The summed E-state index contributed by atoms with van der Waals surface area (Å²) in [5.41, 5.74) is 1.92. The van der Waals surface area contributed by atoms with Gasteiger partial charge in [-0.15, -0.1) is 24.0 Å². The predicted molar refractivity (Wildman–Crippen MR) is 115 cm³/mol. The molecule has 2 rings (SSSR count). The molecule has 0 saturated carbocycles. The SMILES string of the molecule is C=CCOc1ccccc1CNC(=NC)NCc1cccc(OC)n1.I. The second-order valence-electron chi connectivity index (χ2n) is 5.16. The van der Waals surface area contributed by atoms with Gasteiger partial charge < -0.3 is 20.1 Å². The molecule has 0 aliphatic rings. The number of hydrogen-bond donors (Lipinski definition) is 2. The molecule has 0 amide bonds. The summed E-state index contributed by atoms with van der Waals surface area (Å²) in [4.78, 5) is 8.60. The minimum atomic E-state index is 0. The summed E-state index contributed by atoms with van der Waals surface area (Å²) in [6.45, 7) is 5.29. The van der Waals surface area contributed by atoms with Crippen LogP contribution in [0.15, 0.2) is 60.1 Å². The molecule has 0 aliphatic carbocycles. The lowest BCUT2D eigenvalue weighted by Gasteiger charge is -2.14. The molecular formula is C19H25IN4O2. The molecule has 140 valence electrons. The van der Waals surface area contributed by atoms with Gasteiger partial charge >= 0.3 is 0 Å². The van der Waals surface area contributed by atoms with Gasteiger partial charge in [-0.05, 0) is 12.1 Å². The number of aromatic nitrogens is 1. The molecule has 0 bridgehead atoms. The number of benzene rings is 1. The van der Waals surface area contributed by atoms with Crippen LogP contribution < -0.4 is 20.1 Å². The lowest BCUT2D eigenvalue weighted by Crippen LogP contribution is -2.36. The molecule has 0 radical (unpaired) electrons. The van der Waals surface area contributed by atoms with Crippen LogP contribution in [0.1, 0.15) is 11.3 Å². The third-order valence-electron chi connectivity index (χ3n) is 3.43. The first-order valence-corrected chi connectivity index (χ1v) is 8.03. The van der Waals surface area contributed by atoms with Crippen molar-refractivity contribution < 1.29 is 9.47 Å². The Morgan fingerprint density at radius 2 is 1.92 bits per heavy atom. The average molecular weight is 468 g/mol. The number of guanidine groups is 1. The maximum absolute atomic E-state index is 5.66. The minimum absolute atomic E-state index is 0. The molecule has 6 nitrogen and oxygen atoms in total. The van der Waals surface area contributed by atoms with Crippen LogP contribution in [0, 0.1) is 0 Å². The number of nitrogens with zero attached hydrogens (tertiary/aromatic N) is 2. The van der Waals surface area contributed by atoms with E-state index in [4.69, 9.17) is 9.47 Å². The number of pyridine rings is 1. The molecule has 0 saturated heterocycles. The van der Waals surface area contributed by atoms with E-state index in [1.165, 1.54) is 0 Å². The largest absolute Gasteiger partial charge is 0.489 e. The fourth-order valence-electron chi connectivity index (χ4n) is 2.18. The molecule has 0 unspecified atom stereocenters. The Labute approximate surface area is 171 Å². The van der Waals surface area contributed by atoms with E-state index in [-0.39, 0.29) is 24.0 Å². The monoisotopic (exact) mass is 468 g/mol. The maximum atomic E-state index is 5.66. The van der Waals surface area contributed by atoms with Gasteiger partial charge in [0.15, 0.2) is 5.96 Å². The van der Waals surface area contributed by atoms with Crippen molar-refractivity contribution in [3.63, 3.8) is 0 Å². The first-order valence-electron chi connectivity index (χ1n) is 8.03. The van der Waals surface area contributed by atoms with E-state index in [0.29, 0.717) is 31.5 Å². The van der Waals surface area contributed by atoms with Crippen LogP contribution in [0.3, 0.4) is 0 Å². The van der Waals surface area contributed by atoms with Crippen LogP contribution in [-0.4, -0.2) is 31.7 Å². The summed E-state index contributed by atoms with van der Waals surface area (Å²) in [7, 11) is 3.33. The van der Waals surface area contributed by atoms with Gasteiger partial charge in [0.25, 0.3) is 0 Å². The predicted octanol–water partition coefficient (Wildman–Crippen LogP) is 3.14. The first kappa shape index (κ1) is 21.8. The Morgan fingerprint density at radius 3 is 2.65 bits per heavy atom. The summed E-state index contributed by atoms with van der Waals surface area (Å²) >= 11 is 0. The van der Waals surface area contributed by atoms with Gasteiger partial charge in [-0.1, -0.05) is 36.9 Å². The van der Waals surface area contributed by atoms with Crippen molar-refractivity contribution in [1.82, 2.24) is 15.6 Å². The quantitative estimate of drug-likeness (QED) is 0.270. The molecule has 1 aromatic carbocycles. The highest BCUT2D eigenvalue weighted by Gasteiger charge is 2.05. The standard InChI is InChI=1S/C19H24N4O2.HI/c1-4-12-25-17-10-6-5-8-15(17)13-21-19(20-2)22-14-16-9-7-11-18(23-16)24-3;/h4-11H,1,12-14H2,2-3H3,(H2,20,21,22);1H. The molecule has 1 aromatic heterocycles. The molecule has 0 fully saturated rings. The number of ether oxygens (including phenoxy) is 2. The minimum Gasteiger partial charge on any atom is -0.489 e. The van der Waals surface area contributed by atoms with Crippen molar-refractivity contribution in [2.45, 2.75) is 13.1 Å². The van der Waals surface area contributed by atoms with Gasteiger partial charge in [-0.3, -0.25) is 4.99 Å². The first-order chi connectivity index (χ1) is 12.3. The molecular weight excluding hydrogens is 443 g/mol. The number of aliphatic imine (C=N–C) groups is 1. The Balaban J connectivity index is 0.00000338. The van der Waals surface area contributed by atoms with E-state index in [1.54, 1.807) is 20.2 Å². The van der Waals surface area contributed by atoms with E-state index in [2.05, 4.69) is 27.2 Å². The van der Waals surface area contributed by atoms with Gasteiger partial charge in [0, 0.05) is 25.2 Å². The van der Waals surface area contributed by atoms with Crippen molar-refractivity contribution in [1.29, 1.82) is 0 Å². The lowest BCUT2D eigenvalue weighted by molar-refractivity contribution is 0.358. The Morgan fingerprint density at radius 1 is 1.15 bits per heavy atom. The van der Waals surface area contributed by atoms with Gasteiger partial charge in [0.05, 0.1) is 19.3 Å². The summed E-state index contributed by atoms with van der Waals surface area (Å²) in [5.74, 6) is 2.11. The maximum Gasteiger partial charge on any atom is 0.213 e. The van der Waals surface area contributed by atoms with Crippen LogP contribution in [-0.2, 0) is 13.1 Å². The van der Waals surface area contributed by atoms with Crippen LogP contribution in [0.4, 0.5) is 0 Å². The number of para-hydroxylation sites is 1. The zero-order valence-corrected chi connectivity index (χ0v) is 17.4. The van der Waals surface area contributed by atoms with E-state index in [1.807, 2.05) is 42.5 Å². The van der Waals surface area contributed by atoms with Crippen molar-refractivity contribution >= 4 is 29.9 Å². The molecule has 26 heavy (non-hydrogen) atoms. The number of nitrogens with one attached hydrogen (secondary N) is 2. The summed E-state index contributed by atoms with van der Waals surface area (Å²) in [5, 5.41) is 6.51. The normalized spacial score (nSPS) is 10.5. The number of hydrogen-bond acceptors (Lipinski definition) is 4. The lowest BCUT2D eigenvalue weighted by atomic mass is 10.2. The summed E-state index contributed by atoms with van der Waals surface area (Å²) in [6.07, 6.45) is 1.73. The molecule has 0 aliphatic heterocycles. The highest BCUT2D eigenvalue weighted by Crippen LogP contribution is 2.17. The topological polar surface area (TPSA) is 67.8 Å². The van der Waals surface area contributed by atoms with E-state index < -0.39 is 0 Å². The molecule has 0 atom stereocenters. The Kier molecular flexibility index (Phi) is 10.1. The third-order valence-corrected chi connectivity index (χ3v) is 3.43. The number of halogens is 1. The number of methoxy groups -OCH3 is 1.